The van der Waals surface area contributed by atoms with Crippen LogP contribution in [0.4, 0.5) is 0 Å². The summed E-state index contributed by atoms with van der Waals surface area (Å²) < 4.78 is 6.45. The van der Waals surface area contributed by atoms with E-state index < -0.39 is 0 Å². The first-order valence-electron chi connectivity index (χ1n) is 10.3. The number of benzene rings is 2. The number of piperidine rings is 1. The highest BCUT2D eigenvalue weighted by Crippen LogP contribution is 2.23. The van der Waals surface area contributed by atoms with Crippen molar-refractivity contribution < 1.29 is 9.32 Å². The topological polar surface area (TPSA) is 62.5 Å². The minimum absolute atomic E-state index is 0.0505. The van der Waals surface area contributed by atoms with Crippen molar-refractivity contribution in [3.63, 3.8) is 0 Å². The van der Waals surface area contributed by atoms with Crippen LogP contribution in [0, 0.1) is 5.92 Å². The maximum atomic E-state index is 12.9. The van der Waals surface area contributed by atoms with Crippen molar-refractivity contribution in [3.8, 4) is 11.4 Å². The van der Waals surface area contributed by atoms with Crippen LogP contribution in [0.3, 0.4) is 0 Å². The van der Waals surface area contributed by atoms with Crippen molar-refractivity contribution >= 4 is 33.4 Å². The lowest BCUT2D eigenvalue weighted by Crippen LogP contribution is -2.40. The van der Waals surface area contributed by atoms with Gasteiger partial charge in [-0.1, -0.05) is 44.8 Å². The summed E-state index contributed by atoms with van der Waals surface area (Å²) in [6, 6.07) is 15.4. The van der Waals surface area contributed by atoms with Gasteiger partial charge in [-0.3, -0.25) is 9.69 Å². The number of likely N-dealkylation sites (tertiary alicyclic amines) is 1. The molecular weight excluding hydrogens is 480 g/mol. The van der Waals surface area contributed by atoms with E-state index in [1.807, 2.05) is 60.5 Å². The number of halogens is 2. The molecule has 1 aromatic heterocycles. The molecule has 6 nitrogen and oxygen atoms in total. The molecule has 2 aromatic carbocycles. The van der Waals surface area contributed by atoms with Gasteiger partial charge in [-0.05, 0) is 67.9 Å². The second kappa shape index (κ2) is 9.94. The van der Waals surface area contributed by atoms with E-state index in [0.29, 0.717) is 29.8 Å². The molecule has 1 fully saturated rings. The zero-order chi connectivity index (χ0) is 21.8. The maximum Gasteiger partial charge on any atom is 0.241 e. The molecular formula is C23H24BrClN4O2. The third-order valence-electron chi connectivity index (χ3n) is 5.58. The third kappa shape index (κ3) is 5.73. The summed E-state index contributed by atoms with van der Waals surface area (Å²) in [6.45, 7) is 2.87. The van der Waals surface area contributed by atoms with Gasteiger partial charge in [0, 0.05) is 34.6 Å². The van der Waals surface area contributed by atoms with Crippen molar-refractivity contribution in [1.82, 2.24) is 19.9 Å². The Bertz CT molecular complexity index is 1010. The van der Waals surface area contributed by atoms with Crippen molar-refractivity contribution in [2.75, 3.05) is 20.1 Å². The van der Waals surface area contributed by atoms with Crippen LogP contribution in [0.2, 0.25) is 5.02 Å². The van der Waals surface area contributed by atoms with E-state index in [-0.39, 0.29) is 11.8 Å². The molecule has 0 unspecified atom stereocenters. The molecule has 3 aromatic rings. The second-order valence-corrected chi connectivity index (χ2v) is 9.24. The number of hydrogen-bond acceptors (Lipinski definition) is 5. The Morgan fingerprint density at radius 2 is 1.84 bits per heavy atom. The molecule has 0 atom stereocenters. The lowest BCUT2D eigenvalue weighted by molar-refractivity contribution is -0.136. The highest BCUT2D eigenvalue weighted by atomic mass is 79.9. The first kappa shape index (κ1) is 22.0. The summed E-state index contributed by atoms with van der Waals surface area (Å²) in [6.07, 6.45) is 1.66. The van der Waals surface area contributed by atoms with Gasteiger partial charge in [-0.25, -0.2) is 0 Å². The minimum Gasteiger partial charge on any atom is -0.341 e. The molecule has 8 heteroatoms. The van der Waals surface area contributed by atoms with Crippen molar-refractivity contribution in [2.45, 2.75) is 25.9 Å². The van der Waals surface area contributed by atoms with Crippen LogP contribution < -0.4 is 0 Å². The van der Waals surface area contributed by atoms with E-state index in [9.17, 15) is 4.79 Å². The van der Waals surface area contributed by atoms with Gasteiger partial charge in [0.05, 0.1) is 6.54 Å². The molecule has 0 saturated carbocycles. The van der Waals surface area contributed by atoms with Gasteiger partial charge in [-0.15, -0.1) is 0 Å². The monoisotopic (exact) mass is 502 g/mol. The average Bonchev–Trinajstić information content (AvgIpc) is 3.24. The van der Waals surface area contributed by atoms with Crippen LogP contribution in [-0.4, -0.2) is 46.0 Å². The SMILES string of the molecule is CN(Cc1ccc(Cl)cc1)C(=O)C1CCN(Cc2nc(-c3ccc(Br)cc3)no2)CC1. The fourth-order valence-corrected chi connectivity index (χ4v) is 4.21. The third-order valence-corrected chi connectivity index (χ3v) is 6.36. The van der Waals surface area contributed by atoms with Crippen LogP contribution in [0.15, 0.2) is 57.5 Å². The van der Waals surface area contributed by atoms with Gasteiger partial charge in [0.2, 0.25) is 17.6 Å². The number of carbonyl (C=O) groups is 1. The quantitative estimate of drug-likeness (QED) is 0.472. The number of carbonyl (C=O) groups excluding carboxylic acids is 1. The number of amides is 1. The summed E-state index contributed by atoms with van der Waals surface area (Å²) in [7, 11) is 1.87. The highest BCUT2D eigenvalue weighted by molar-refractivity contribution is 9.10. The minimum atomic E-state index is 0.0505. The van der Waals surface area contributed by atoms with E-state index in [1.165, 1.54) is 0 Å². The molecule has 0 N–H and O–H groups in total. The zero-order valence-corrected chi connectivity index (χ0v) is 19.6. The molecule has 1 amide bonds. The van der Waals surface area contributed by atoms with E-state index in [0.717, 1.165) is 41.5 Å². The van der Waals surface area contributed by atoms with Gasteiger partial charge < -0.3 is 9.42 Å². The molecule has 0 bridgehead atoms. The van der Waals surface area contributed by atoms with Gasteiger partial charge in [0.25, 0.3) is 0 Å². The van der Waals surface area contributed by atoms with Crippen LogP contribution in [0.1, 0.15) is 24.3 Å². The van der Waals surface area contributed by atoms with Crippen LogP contribution in [0.25, 0.3) is 11.4 Å². The smallest absolute Gasteiger partial charge is 0.241 e. The van der Waals surface area contributed by atoms with E-state index >= 15 is 0 Å². The largest absolute Gasteiger partial charge is 0.341 e. The van der Waals surface area contributed by atoms with Gasteiger partial charge >= 0.3 is 0 Å². The maximum absolute atomic E-state index is 12.9. The first-order chi connectivity index (χ1) is 15.0. The van der Waals surface area contributed by atoms with E-state index in [1.54, 1.807) is 0 Å². The normalized spacial score (nSPS) is 15.2. The van der Waals surface area contributed by atoms with E-state index in [4.69, 9.17) is 16.1 Å². The van der Waals surface area contributed by atoms with Crippen molar-refractivity contribution in [1.29, 1.82) is 0 Å². The number of hydrogen-bond donors (Lipinski definition) is 0. The van der Waals surface area contributed by atoms with Crippen molar-refractivity contribution in [3.05, 3.63) is 69.5 Å². The Kier molecular flexibility index (Phi) is 7.05. The second-order valence-electron chi connectivity index (χ2n) is 7.89. The molecule has 1 saturated heterocycles. The number of rotatable bonds is 6. The molecule has 31 heavy (non-hydrogen) atoms. The Balaban J connectivity index is 1.27. The summed E-state index contributed by atoms with van der Waals surface area (Å²) in [5, 5.41) is 4.80. The van der Waals surface area contributed by atoms with Gasteiger partial charge in [0.15, 0.2) is 0 Å². The fourth-order valence-electron chi connectivity index (χ4n) is 3.82. The molecule has 1 aliphatic heterocycles. The predicted octanol–water partition coefficient (Wildman–Crippen LogP) is 5.02. The average molecular weight is 504 g/mol. The lowest BCUT2D eigenvalue weighted by Gasteiger charge is -2.32. The van der Waals surface area contributed by atoms with Gasteiger partial charge in [-0.2, -0.15) is 4.98 Å². The molecule has 1 aliphatic rings. The predicted molar refractivity (Wildman–Crippen MR) is 123 cm³/mol. The zero-order valence-electron chi connectivity index (χ0n) is 17.3. The Hall–Kier alpha value is -2.22. The van der Waals surface area contributed by atoms with E-state index in [2.05, 4.69) is 31.0 Å². The number of nitrogens with zero attached hydrogens (tertiary/aromatic N) is 4. The lowest BCUT2D eigenvalue weighted by atomic mass is 9.95. The summed E-state index contributed by atoms with van der Waals surface area (Å²) in [5.41, 5.74) is 2.00. The van der Waals surface area contributed by atoms with Gasteiger partial charge in [0.1, 0.15) is 0 Å². The number of aromatic nitrogens is 2. The molecule has 2 heterocycles. The summed E-state index contributed by atoms with van der Waals surface area (Å²) >= 11 is 9.37. The highest BCUT2D eigenvalue weighted by Gasteiger charge is 2.28. The fraction of sp³-hybridized carbons (Fsp3) is 0.348. The summed E-state index contributed by atoms with van der Waals surface area (Å²) in [4.78, 5) is 21.5. The molecule has 0 spiro atoms. The van der Waals surface area contributed by atoms with Crippen LogP contribution in [-0.2, 0) is 17.9 Å². The Labute approximate surface area is 195 Å². The van der Waals surface area contributed by atoms with Crippen LogP contribution >= 0.6 is 27.5 Å². The molecule has 4 rings (SSSR count). The Morgan fingerprint density at radius 1 is 1.16 bits per heavy atom. The standard InChI is InChI=1S/C23H24BrClN4O2/c1-28(14-16-2-8-20(25)9-3-16)23(30)18-10-12-29(13-11-18)15-21-26-22(27-31-21)17-4-6-19(24)7-5-17/h2-9,18H,10-15H2,1H3. The van der Waals surface area contributed by atoms with Crippen LogP contribution in [0.5, 0.6) is 0 Å². The first-order valence-corrected chi connectivity index (χ1v) is 11.5. The molecule has 0 aliphatic carbocycles. The molecule has 162 valence electrons. The molecule has 0 radical (unpaired) electrons. The van der Waals surface area contributed by atoms with Crippen molar-refractivity contribution in [2.24, 2.45) is 5.92 Å². The summed E-state index contributed by atoms with van der Waals surface area (Å²) in [5.74, 6) is 1.44. The Morgan fingerprint density at radius 3 is 2.52 bits per heavy atom.